The maximum Gasteiger partial charge on any atom is 0.317 e. The summed E-state index contributed by atoms with van der Waals surface area (Å²) in [6.45, 7) is 5.78. The van der Waals surface area contributed by atoms with Gasteiger partial charge in [-0.1, -0.05) is 12.1 Å². The van der Waals surface area contributed by atoms with Crippen LogP contribution in [0.5, 0.6) is 0 Å². The molecule has 1 N–H and O–H groups in total. The summed E-state index contributed by atoms with van der Waals surface area (Å²) in [7, 11) is 0. The van der Waals surface area contributed by atoms with Gasteiger partial charge >= 0.3 is 6.03 Å². The van der Waals surface area contributed by atoms with Gasteiger partial charge in [-0.15, -0.1) is 0 Å². The maximum atomic E-state index is 13.1. The Labute approximate surface area is 189 Å². The summed E-state index contributed by atoms with van der Waals surface area (Å²) in [5, 5.41) is 12.2. The zero-order valence-electron chi connectivity index (χ0n) is 18.3. The van der Waals surface area contributed by atoms with E-state index < -0.39 is 0 Å². The van der Waals surface area contributed by atoms with Gasteiger partial charge < -0.3 is 15.1 Å². The SMILES string of the molecule is N#Cc1ccc(N2CCC(NC(=O)N3CCCN(Cc4ccc(F)cc4)CC3)CC2)cc1. The van der Waals surface area contributed by atoms with Crippen molar-refractivity contribution in [2.75, 3.05) is 44.2 Å². The van der Waals surface area contributed by atoms with E-state index >= 15 is 0 Å². The minimum Gasteiger partial charge on any atom is -0.371 e. The number of halogens is 1. The van der Waals surface area contributed by atoms with E-state index in [-0.39, 0.29) is 17.9 Å². The lowest BCUT2D eigenvalue weighted by molar-refractivity contribution is 0.191. The molecule has 6 nitrogen and oxygen atoms in total. The average Bonchev–Trinajstić information content (AvgIpc) is 3.07. The normalized spacial score (nSPS) is 18.1. The molecule has 0 aromatic heterocycles. The Morgan fingerprint density at radius 2 is 1.69 bits per heavy atom. The summed E-state index contributed by atoms with van der Waals surface area (Å²) in [4.78, 5) is 19.4. The molecule has 0 saturated carbocycles. The third-order valence-electron chi connectivity index (χ3n) is 6.38. The molecule has 2 fully saturated rings. The predicted octanol–water partition coefficient (Wildman–Crippen LogP) is 3.58. The van der Waals surface area contributed by atoms with Crippen molar-refractivity contribution in [3.63, 3.8) is 0 Å². The van der Waals surface area contributed by atoms with Crippen LogP contribution in [0.1, 0.15) is 30.4 Å². The fourth-order valence-electron chi connectivity index (χ4n) is 4.47. The molecule has 2 heterocycles. The molecule has 4 rings (SSSR count). The number of nitrogens with one attached hydrogen (secondary N) is 1. The molecule has 2 aliphatic heterocycles. The molecule has 0 aliphatic carbocycles. The van der Waals surface area contributed by atoms with Gasteiger partial charge in [0.1, 0.15) is 5.82 Å². The molecule has 7 heteroatoms. The van der Waals surface area contributed by atoms with Gasteiger partial charge in [0, 0.05) is 57.5 Å². The van der Waals surface area contributed by atoms with Gasteiger partial charge in [-0.25, -0.2) is 9.18 Å². The Hall–Kier alpha value is -3.11. The van der Waals surface area contributed by atoms with E-state index in [1.807, 2.05) is 41.3 Å². The van der Waals surface area contributed by atoms with Crippen LogP contribution in [0.4, 0.5) is 14.9 Å². The molecule has 2 aliphatic rings. The van der Waals surface area contributed by atoms with Gasteiger partial charge in [0.05, 0.1) is 11.6 Å². The van der Waals surface area contributed by atoms with Crippen LogP contribution in [0, 0.1) is 17.1 Å². The Kier molecular flexibility index (Phi) is 7.23. The fraction of sp³-hybridized carbons (Fsp3) is 0.440. The van der Waals surface area contributed by atoms with Crippen molar-refractivity contribution in [2.24, 2.45) is 0 Å². The van der Waals surface area contributed by atoms with E-state index in [2.05, 4.69) is 21.2 Å². The zero-order chi connectivity index (χ0) is 22.3. The summed E-state index contributed by atoms with van der Waals surface area (Å²) >= 11 is 0. The second-order valence-electron chi connectivity index (χ2n) is 8.61. The lowest BCUT2D eigenvalue weighted by Gasteiger charge is -2.35. The van der Waals surface area contributed by atoms with E-state index in [1.165, 1.54) is 12.1 Å². The molecule has 168 valence electrons. The largest absolute Gasteiger partial charge is 0.371 e. The summed E-state index contributed by atoms with van der Waals surface area (Å²) in [5.41, 5.74) is 2.89. The predicted molar refractivity (Wildman–Crippen MR) is 123 cm³/mol. The number of hydrogen-bond donors (Lipinski definition) is 1. The van der Waals surface area contributed by atoms with Crippen molar-refractivity contribution in [1.29, 1.82) is 5.26 Å². The topological polar surface area (TPSA) is 62.6 Å². The van der Waals surface area contributed by atoms with E-state index in [0.717, 1.165) is 69.8 Å². The molecule has 32 heavy (non-hydrogen) atoms. The molecule has 2 saturated heterocycles. The number of anilines is 1. The second-order valence-corrected chi connectivity index (χ2v) is 8.61. The number of amides is 2. The van der Waals surface area contributed by atoms with Gasteiger partial charge in [0.2, 0.25) is 0 Å². The number of rotatable bonds is 4. The van der Waals surface area contributed by atoms with Crippen LogP contribution in [-0.4, -0.2) is 61.1 Å². The van der Waals surface area contributed by atoms with E-state index in [9.17, 15) is 9.18 Å². The monoisotopic (exact) mass is 435 g/mol. The smallest absolute Gasteiger partial charge is 0.317 e. The van der Waals surface area contributed by atoms with Crippen LogP contribution in [0.25, 0.3) is 0 Å². The molecular formula is C25H30FN5O. The van der Waals surface area contributed by atoms with E-state index in [4.69, 9.17) is 5.26 Å². The first kappa shape index (κ1) is 22.1. The Morgan fingerprint density at radius 3 is 2.38 bits per heavy atom. The van der Waals surface area contributed by atoms with E-state index in [0.29, 0.717) is 12.1 Å². The first-order valence-corrected chi connectivity index (χ1v) is 11.4. The molecule has 0 spiro atoms. The van der Waals surface area contributed by atoms with Crippen LogP contribution >= 0.6 is 0 Å². The van der Waals surface area contributed by atoms with Crippen molar-refractivity contribution in [2.45, 2.75) is 31.8 Å². The molecule has 0 atom stereocenters. The number of piperidine rings is 1. The lowest BCUT2D eigenvalue weighted by Crippen LogP contribution is -2.50. The highest BCUT2D eigenvalue weighted by Gasteiger charge is 2.24. The number of hydrogen-bond acceptors (Lipinski definition) is 4. The summed E-state index contributed by atoms with van der Waals surface area (Å²) in [6, 6.07) is 16.7. The highest BCUT2D eigenvalue weighted by Crippen LogP contribution is 2.21. The third kappa shape index (κ3) is 5.77. The van der Waals surface area contributed by atoms with Crippen LogP contribution in [0.3, 0.4) is 0 Å². The van der Waals surface area contributed by atoms with Gasteiger partial charge in [0.25, 0.3) is 0 Å². The Balaban J connectivity index is 1.22. The first-order valence-electron chi connectivity index (χ1n) is 11.4. The van der Waals surface area contributed by atoms with Crippen molar-refractivity contribution >= 4 is 11.7 Å². The minimum atomic E-state index is -0.213. The quantitative estimate of drug-likeness (QED) is 0.797. The summed E-state index contributed by atoms with van der Waals surface area (Å²) in [6.07, 6.45) is 2.76. The average molecular weight is 436 g/mol. The van der Waals surface area contributed by atoms with Crippen LogP contribution < -0.4 is 10.2 Å². The Morgan fingerprint density at radius 1 is 0.969 bits per heavy atom. The summed E-state index contributed by atoms with van der Waals surface area (Å²) < 4.78 is 13.1. The number of benzene rings is 2. The van der Waals surface area contributed by atoms with Gasteiger partial charge in [0.15, 0.2) is 0 Å². The van der Waals surface area contributed by atoms with Crippen LogP contribution in [0.2, 0.25) is 0 Å². The maximum absolute atomic E-state index is 13.1. The fourth-order valence-corrected chi connectivity index (χ4v) is 4.47. The highest BCUT2D eigenvalue weighted by atomic mass is 19.1. The Bertz CT molecular complexity index is 932. The number of carbonyl (C=O) groups is 1. The standard InChI is InChI=1S/C25H30FN5O/c26-22-6-2-21(3-7-22)19-29-12-1-13-31(17-16-29)25(32)28-23-10-14-30(15-11-23)24-8-4-20(18-27)5-9-24/h2-9,23H,1,10-17,19H2,(H,28,32). The molecular weight excluding hydrogens is 405 g/mol. The molecule has 0 unspecified atom stereocenters. The van der Waals surface area contributed by atoms with Gasteiger partial charge in [-0.3, -0.25) is 4.90 Å². The first-order chi connectivity index (χ1) is 15.6. The van der Waals surface area contributed by atoms with Crippen LogP contribution in [0.15, 0.2) is 48.5 Å². The number of urea groups is 1. The van der Waals surface area contributed by atoms with Crippen molar-refractivity contribution in [3.05, 3.63) is 65.5 Å². The van der Waals surface area contributed by atoms with Crippen molar-refractivity contribution in [1.82, 2.24) is 15.1 Å². The number of carbonyl (C=O) groups excluding carboxylic acids is 1. The summed E-state index contributed by atoms with van der Waals surface area (Å²) in [5.74, 6) is -0.213. The van der Waals surface area contributed by atoms with E-state index in [1.54, 1.807) is 0 Å². The zero-order valence-corrected chi connectivity index (χ0v) is 18.3. The number of nitriles is 1. The van der Waals surface area contributed by atoms with Crippen molar-refractivity contribution < 1.29 is 9.18 Å². The molecule has 0 bridgehead atoms. The molecule has 2 aromatic rings. The van der Waals surface area contributed by atoms with Gasteiger partial charge in [-0.05, 0) is 61.2 Å². The van der Waals surface area contributed by atoms with Crippen LogP contribution in [-0.2, 0) is 6.54 Å². The minimum absolute atomic E-state index is 0.0328. The highest BCUT2D eigenvalue weighted by molar-refractivity contribution is 5.74. The third-order valence-corrected chi connectivity index (χ3v) is 6.38. The second kappa shape index (κ2) is 10.5. The molecule has 2 aromatic carbocycles. The lowest BCUT2D eigenvalue weighted by atomic mass is 10.0. The number of nitrogens with zero attached hydrogens (tertiary/aromatic N) is 4. The van der Waals surface area contributed by atoms with Crippen molar-refractivity contribution in [3.8, 4) is 6.07 Å². The van der Waals surface area contributed by atoms with Gasteiger partial charge in [-0.2, -0.15) is 5.26 Å². The molecule has 0 radical (unpaired) electrons. The molecule has 2 amide bonds.